The van der Waals surface area contributed by atoms with Crippen LogP contribution in [0.2, 0.25) is 0 Å². The Morgan fingerprint density at radius 1 is 1.11 bits per heavy atom. The van der Waals surface area contributed by atoms with Crippen molar-refractivity contribution >= 4 is 27.6 Å². The fourth-order valence-electron chi connectivity index (χ4n) is 1.91. The van der Waals surface area contributed by atoms with Crippen molar-refractivity contribution in [3.8, 4) is 0 Å². The summed E-state index contributed by atoms with van der Waals surface area (Å²) in [5.41, 5.74) is 0. The molecule has 1 aromatic rings. The van der Waals surface area contributed by atoms with E-state index in [1.807, 2.05) is 7.05 Å². The Hall–Kier alpha value is -0.840. The summed E-state index contributed by atoms with van der Waals surface area (Å²) < 4.78 is 0.900. The van der Waals surface area contributed by atoms with Gasteiger partial charge in [0.05, 0.1) is 0 Å². The Kier molecular flexibility index (Phi) is 7.79. The van der Waals surface area contributed by atoms with Gasteiger partial charge in [0.15, 0.2) is 0 Å². The topological polar surface area (TPSA) is 49.8 Å². The monoisotopic (exact) mass is 328 g/mol. The minimum Gasteiger partial charge on any atom is -0.372 e. The zero-order valence-electron chi connectivity index (χ0n) is 12.2. The summed E-state index contributed by atoms with van der Waals surface area (Å²) in [4.78, 5) is 8.37. The Labute approximate surface area is 124 Å². The molecule has 0 aromatic carbocycles. The highest BCUT2D eigenvalue weighted by Gasteiger charge is 2.06. The van der Waals surface area contributed by atoms with Gasteiger partial charge in [-0.15, -0.1) is 0 Å². The number of hydrogen-bond donors (Lipinski definition) is 2. The maximum atomic E-state index is 4.23. The van der Waals surface area contributed by atoms with Crippen LogP contribution in [0.1, 0.15) is 46.0 Å². The van der Waals surface area contributed by atoms with Gasteiger partial charge in [-0.1, -0.05) is 39.5 Å². The molecule has 2 N–H and O–H groups in total. The minimum absolute atomic E-state index is 0.814. The second kappa shape index (κ2) is 9.13. The number of anilines is 2. The average molecular weight is 329 g/mol. The van der Waals surface area contributed by atoms with Crippen LogP contribution in [0.15, 0.2) is 10.8 Å². The van der Waals surface area contributed by atoms with Crippen molar-refractivity contribution < 1.29 is 0 Å². The molecule has 0 saturated heterocycles. The maximum Gasteiger partial charge on any atom is 0.145 e. The fourth-order valence-corrected chi connectivity index (χ4v) is 2.45. The van der Waals surface area contributed by atoms with Crippen LogP contribution in [0.3, 0.4) is 0 Å². The van der Waals surface area contributed by atoms with Crippen molar-refractivity contribution in [3.63, 3.8) is 0 Å². The minimum atomic E-state index is 0.814. The quantitative estimate of drug-likeness (QED) is 0.663. The molecule has 1 heterocycles. The summed E-state index contributed by atoms with van der Waals surface area (Å²) in [5.74, 6) is 2.51. The molecule has 108 valence electrons. The van der Waals surface area contributed by atoms with Gasteiger partial charge < -0.3 is 10.6 Å². The number of aromatic nitrogens is 2. The van der Waals surface area contributed by atoms with E-state index in [1.54, 1.807) is 6.33 Å². The molecule has 0 aliphatic rings. The molecule has 1 rings (SSSR count). The molecular formula is C14H25BrN4. The third-order valence-corrected chi connectivity index (χ3v) is 3.78. The third kappa shape index (κ3) is 6.23. The Balaban J connectivity index is 2.19. The van der Waals surface area contributed by atoms with Gasteiger partial charge in [0.2, 0.25) is 0 Å². The largest absolute Gasteiger partial charge is 0.372 e. The van der Waals surface area contributed by atoms with Crippen LogP contribution in [0.25, 0.3) is 0 Å². The van der Waals surface area contributed by atoms with Crippen molar-refractivity contribution in [1.82, 2.24) is 9.97 Å². The van der Waals surface area contributed by atoms with Crippen molar-refractivity contribution in [2.75, 3.05) is 24.2 Å². The lowest BCUT2D eigenvalue weighted by Crippen LogP contribution is -2.06. The molecule has 0 unspecified atom stereocenters. The van der Waals surface area contributed by atoms with Crippen LogP contribution in [-0.2, 0) is 0 Å². The van der Waals surface area contributed by atoms with Crippen LogP contribution in [0, 0.1) is 5.92 Å². The molecule has 19 heavy (non-hydrogen) atoms. The van der Waals surface area contributed by atoms with Gasteiger partial charge in [0.25, 0.3) is 0 Å². The molecule has 0 bridgehead atoms. The summed E-state index contributed by atoms with van der Waals surface area (Å²) in [7, 11) is 1.85. The number of unbranched alkanes of at least 4 members (excludes halogenated alkanes) is 3. The maximum absolute atomic E-state index is 4.23. The molecule has 0 spiro atoms. The van der Waals surface area contributed by atoms with Gasteiger partial charge in [0.1, 0.15) is 22.4 Å². The molecule has 1 aromatic heterocycles. The van der Waals surface area contributed by atoms with Gasteiger partial charge in [-0.3, -0.25) is 0 Å². The highest BCUT2D eigenvalue weighted by Crippen LogP contribution is 2.25. The van der Waals surface area contributed by atoms with Gasteiger partial charge in [-0.05, 0) is 28.3 Å². The molecule has 0 aliphatic heterocycles. The van der Waals surface area contributed by atoms with Crippen LogP contribution in [0.5, 0.6) is 0 Å². The Bertz CT molecular complexity index is 368. The van der Waals surface area contributed by atoms with Gasteiger partial charge >= 0.3 is 0 Å². The summed E-state index contributed by atoms with van der Waals surface area (Å²) in [6, 6.07) is 0. The first kappa shape index (κ1) is 16.2. The number of nitrogens with zero attached hydrogens (tertiary/aromatic N) is 2. The summed E-state index contributed by atoms with van der Waals surface area (Å²) in [6.07, 6.45) is 8.05. The lowest BCUT2D eigenvalue weighted by atomic mass is 10.0. The van der Waals surface area contributed by atoms with Crippen LogP contribution < -0.4 is 10.6 Å². The van der Waals surface area contributed by atoms with Crippen LogP contribution in [-0.4, -0.2) is 23.6 Å². The Morgan fingerprint density at radius 3 is 2.47 bits per heavy atom. The fraction of sp³-hybridized carbons (Fsp3) is 0.714. The van der Waals surface area contributed by atoms with E-state index in [0.717, 1.165) is 28.6 Å². The number of hydrogen-bond acceptors (Lipinski definition) is 4. The molecule has 0 fully saturated rings. The van der Waals surface area contributed by atoms with Gasteiger partial charge in [-0.25, -0.2) is 9.97 Å². The standard InChI is InChI=1S/C14H25BrN4/c1-11(2)8-6-4-5-7-9-17-14-12(15)13(16-3)18-10-19-14/h10-11H,4-9H2,1-3H3,(H2,16,17,18,19). The number of halogens is 1. The van der Waals surface area contributed by atoms with E-state index in [0.29, 0.717) is 0 Å². The van der Waals surface area contributed by atoms with E-state index >= 15 is 0 Å². The second-order valence-corrected chi connectivity index (χ2v) is 5.95. The van der Waals surface area contributed by atoms with Gasteiger partial charge in [0, 0.05) is 13.6 Å². The normalized spacial score (nSPS) is 10.8. The average Bonchev–Trinajstić information content (AvgIpc) is 2.39. The predicted molar refractivity (Wildman–Crippen MR) is 85.7 cm³/mol. The summed E-state index contributed by atoms with van der Waals surface area (Å²) in [5, 5.41) is 6.38. The highest BCUT2D eigenvalue weighted by atomic mass is 79.9. The SMILES string of the molecule is CNc1ncnc(NCCCCCCC(C)C)c1Br. The zero-order valence-corrected chi connectivity index (χ0v) is 13.8. The lowest BCUT2D eigenvalue weighted by Gasteiger charge is -2.10. The third-order valence-electron chi connectivity index (χ3n) is 3.03. The van der Waals surface area contributed by atoms with E-state index in [1.165, 1.54) is 32.1 Å². The van der Waals surface area contributed by atoms with Crippen molar-refractivity contribution in [2.45, 2.75) is 46.0 Å². The smallest absolute Gasteiger partial charge is 0.145 e. The van der Waals surface area contributed by atoms with E-state index in [4.69, 9.17) is 0 Å². The number of nitrogens with one attached hydrogen (secondary N) is 2. The van der Waals surface area contributed by atoms with E-state index in [9.17, 15) is 0 Å². The first-order chi connectivity index (χ1) is 9.15. The first-order valence-corrected chi connectivity index (χ1v) is 7.86. The Morgan fingerprint density at radius 2 is 1.79 bits per heavy atom. The molecule has 4 nitrogen and oxygen atoms in total. The molecule has 0 radical (unpaired) electrons. The summed E-state index contributed by atoms with van der Waals surface area (Å²) >= 11 is 3.50. The van der Waals surface area contributed by atoms with E-state index in [-0.39, 0.29) is 0 Å². The molecule has 0 amide bonds. The van der Waals surface area contributed by atoms with Crippen molar-refractivity contribution in [2.24, 2.45) is 5.92 Å². The second-order valence-electron chi connectivity index (χ2n) is 5.16. The molecule has 0 saturated carbocycles. The predicted octanol–water partition coefficient (Wildman–Crippen LogP) is 4.30. The lowest BCUT2D eigenvalue weighted by molar-refractivity contribution is 0.523. The van der Waals surface area contributed by atoms with Crippen molar-refractivity contribution in [3.05, 3.63) is 10.8 Å². The number of rotatable bonds is 9. The molecular weight excluding hydrogens is 304 g/mol. The van der Waals surface area contributed by atoms with Crippen LogP contribution >= 0.6 is 15.9 Å². The van der Waals surface area contributed by atoms with Crippen molar-refractivity contribution in [1.29, 1.82) is 0 Å². The zero-order chi connectivity index (χ0) is 14.1. The molecule has 0 atom stereocenters. The van der Waals surface area contributed by atoms with E-state index in [2.05, 4.69) is 50.4 Å². The molecule has 0 aliphatic carbocycles. The summed E-state index contributed by atoms with van der Waals surface area (Å²) in [6.45, 7) is 5.53. The molecule has 5 heteroatoms. The van der Waals surface area contributed by atoms with E-state index < -0.39 is 0 Å². The highest BCUT2D eigenvalue weighted by molar-refractivity contribution is 9.10. The van der Waals surface area contributed by atoms with Gasteiger partial charge in [-0.2, -0.15) is 0 Å². The first-order valence-electron chi connectivity index (χ1n) is 7.07. The van der Waals surface area contributed by atoms with Crippen LogP contribution in [0.4, 0.5) is 11.6 Å².